The molecule has 0 aliphatic heterocycles. The summed E-state index contributed by atoms with van der Waals surface area (Å²) in [5.74, 6) is -1.58. The lowest BCUT2D eigenvalue weighted by Crippen LogP contribution is -2.61. The first kappa shape index (κ1) is 12.2. The van der Waals surface area contributed by atoms with Crippen LogP contribution in [0.1, 0.15) is 19.3 Å². The van der Waals surface area contributed by atoms with Gasteiger partial charge in [0.1, 0.15) is 5.54 Å². The monoisotopic (exact) mass is 247 g/mol. The minimum Gasteiger partial charge on any atom is -0.480 e. The highest BCUT2D eigenvalue weighted by Gasteiger charge is 2.55. The molecule has 0 saturated heterocycles. The van der Waals surface area contributed by atoms with E-state index in [1.165, 1.54) is 4.72 Å². The van der Waals surface area contributed by atoms with Crippen molar-refractivity contribution >= 4 is 16.0 Å². The Morgan fingerprint density at radius 1 is 1.33 bits per heavy atom. The van der Waals surface area contributed by atoms with Gasteiger partial charge in [0.05, 0.1) is 0 Å². The molecule has 0 spiro atoms. The smallest absolute Gasteiger partial charge is 0.480 e. The van der Waals surface area contributed by atoms with Crippen LogP contribution in [0.15, 0.2) is 0 Å². The van der Waals surface area contributed by atoms with Gasteiger partial charge in [-0.3, -0.25) is 4.79 Å². The molecular formula is C6H8F3NO4S. The van der Waals surface area contributed by atoms with Gasteiger partial charge in [0.15, 0.2) is 0 Å². The summed E-state index contributed by atoms with van der Waals surface area (Å²) in [6.07, 6.45) is 0.127. The fraction of sp³-hybridized carbons (Fsp3) is 0.833. The molecule has 88 valence electrons. The van der Waals surface area contributed by atoms with Crippen molar-refractivity contribution in [2.75, 3.05) is 0 Å². The molecule has 0 amide bonds. The van der Waals surface area contributed by atoms with Crippen LogP contribution in [0.4, 0.5) is 13.2 Å². The standard InChI is InChI=1S/C6H8F3NO4S/c7-6(8,9)15(13,14)10-5(4(11)12)2-1-3-5/h10H,1-3H2,(H,11,12). The zero-order valence-electron chi connectivity index (χ0n) is 7.34. The Bertz CT molecular complexity index is 370. The molecular weight excluding hydrogens is 239 g/mol. The van der Waals surface area contributed by atoms with Gasteiger partial charge in [-0.25, -0.2) is 8.42 Å². The van der Waals surface area contributed by atoms with Crippen LogP contribution in [-0.4, -0.2) is 30.5 Å². The average Bonchev–Trinajstić information content (AvgIpc) is 1.93. The second-order valence-electron chi connectivity index (χ2n) is 3.29. The van der Waals surface area contributed by atoms with Crippen LogP contribution in [0.25, 0.3) is 0 Å². The van der Waals surface area contributed by atoms with E-state index in [1.54, 1.807) is 0 Å². The summed E-state index contributed by atoms with van der Waals surface area (Å²) in [4.78, 5) is 10.6. The molecule has 0 unspecified atom stereocenters. The van der Waals surface area contributed by atoms with Crippen molar-refractivity contribution in [3.05, 3.63) is 0 Å². The van der Waals surface area contributed by atoms with E-state index in [9.17, 15) is 26.4 Å². The van der Waals surface area contributed by atoms with Crippen molar-refractivity contribution in [2.24, 2.45) is 0 Å². The topological polar surface area (TPSA) is 83.5 Å². The molecule has 0 aromatic rings. The molecule has 0 aromatic carbocycles. The number of rotatable bonds is 3. The molecule has 0 bridgehead atoms. The van der Waals surface area contributed by atoms with Gasteiger partial charge in [0, 0.05) is 0 Å². The lowest BCUT2D eigenvalue weighted by atomic mass is 9.78. The molecule has 5 nitrogen and oxygen atoms in total. The summed E-state index contributed by atoms with van der Waals surface area (Å²) in [7, 11) is -5.59. The maximum absolute atomic E-state index is 11.9. The van der Waals surface area contributed by atoms with Crippen LogP contribution in [-0.2, 0) is 14.8 Å². The molecule has 0 heterocycles. The molecule has 9 heteroatoms. The summed E-state index contributed by atoms with van der Waals surface area (Å²) in [5.41, 5.74) is -7.46. The number of alkyl halides is 3. The number of nitrogens with one attached hydrogen (secondary N) is 1. The molecule has 1 aliphatic rings. The summed E-state index contributed by atoms with van der Waals surface area (Å²) < 4.78 is 58.4. The fourth-order valence-corrected chi connectivity index (χ4v) is 2.13. The van der Waals surface area contributed by atoms with E-state index in [0.29, 0.717) is 6.42 Å². The normalized spacial score (nSPS) is 20.7. The number of carboxylic acid groups (broad SMARTS) is 1. The van der Waals surface area contributed by atoms with E-state index in [0.717, 1.165) is 0 Å². The molecule has 1 rings (SSSR count). The van der Waals surface area contributed by atoms with Gasteiger partial charge >= 0.3 is 21.5 Å². The number of sulfonamides is 1. The molecule has 0 atom stereocenters. The summed E-state index contributed by atoms with van der Waals surface area (Å²) >= 11 is 0. The molecule has 1 aliphatic carbocycles. The SMILES string of the molecule is O=C(O)C1(NS(=O)(=O)C(F)(F)F)CCC1. The van der Waals surface area contributed by atoms with E-state index < -0.39 is 27.0 Å². The first-order chi connectivity index (χ1) is 6.61. The Hall–Kier alpha value is -0.830. The molecule has 1 fully saturated rings. The Morgan fingerprint density at radius 3 is 2.00 bits per heavy atom. The minimum atomic E-state index is -5.59. The highest BCUT2D eigenvalue weighted by atomic mass is 32.2. The first-order valence-corrected chi connectivity index (χ1v) is 5.43. The quantitative estimate of drug-likeness (QED) is 0.757. The number of hydrogen-bond acceptors (Lipinski definition) is 3. The maximum Gasteiger partial charge on any atom is 0.511 e. The number of hydrogen-bond donors (Lipinski definition) is 2. The van der Waals surface area contributed by atoms with Gasteiger partial charge in [-0.15, -0.1) is 0 Å². The van der Waals surface area contributed by atoms with Crippen LogP contribution < -0.4 is 4.72 Å². The van der Waals surface area contributed by atoms with Crippen LogP contribution in [0, 0.1) is 0 Å². The van der Waals surface area contributed by atoms with Crippen molar-refractivity contribution < 1.29 is 31.5 Å². The summed E-state index contributed by atoms with van der Waals surface area (Å²) in [5, 5.41) is 8.62. The predicted molar refractivity (Wildman–Crippen MR) is 42.3 cm³/mol. The number of carbonyl (C=O) groups is 1. The molecule has 2 N–H and O–H groups in total. The van der Waals surface area contributed by atoms with Crippen molar-refractivity contribution in [1.82, 2.24) is 4.72 Å². The Kier molecular flexibility index (Phi) is 2.72. The second-order valence-corrected chi connectivity index (χ2v) is 4.97. The Morgan fingerprint density at radius 2 is 1.80 bits per heavy atom. The third-order valence-electron chi connectivity index (χ3n) is 2.25. The van der Waals surface area contributed by atoms with E-state index in [1.807, 2.05) is 0 Å². The van der Waals surface area contributed by atoms with Crippen LogP contribution >= 0.6 is 0 Å². The van der Waals surface area contributed by atoms with Gasteiger partial charge in [0.25, 0.3) is 0 Å². The second kappa shape index (κ2) is 3.34. The van der Waals surface area contributed by atoms with Crippen molar-refractivity contribution in [3.63, 3.8) is 0 Å². The molecule has 1 saturated carbocycles. The van der Waals surface area contributed by atoms with E-state index >= 15 is 0 Å². The maximum atomic E-state index is 11.9. The third kappa shape index (κ3) is 2.07. The summed E-state index contributed by atoms with van der Waals surface area (Å²) in [6, 6.07) is 0. The Labute approximate surface area is 83.3 Å². The predicted octanol–water partition coefficient (Wildman–Crippen LogP) is 0.433. The number of carboxylic acids is 1. The average molecular weight is 247 g/mol. The number of halogens is 3. The van der Waals surface area contributed by atoms with Crippen LogP contribution in [0.2, 0.25) is 0 Å². The number of aliphatic carboxylic acids is 1. The Balaban J connectivity index is 2.91. The largest absolute Gasteiger partial charge is 0.511 e. The van der Waals surface area contributed by atoms with Crippen molar-refractivity contribution in [3.8, 4) is 0 Å². The molecule has 0 aromatic heterocycles. The summed E-state index contributed by atoms with van der Waals surface area (Å²) in [6.45, 7) is 0. The van der Waals surface area contributed by atoms with Gasteiger partial charge < -0.3 is 5.11 Å². The van der Waals surface area contributed by atoms with Crippen molar-refractivity contribution in [1.29, 1.82) is 0 Å². The zero-order chi connectivity index (χ0) is 11.9. The van der Waals surface area contributed by atoms with E-state index in [2.05, 4.69) is 0 Å². The first-order valence-electron chi connectivity index (χ1n) is 3.94. The zero-order valence-corrected chi connectivity index (χ0v) is 8.15. The van der Waals surface area contributed by atoms with E-state index in [4.69, 9.17) is 5.11 Å². The minimum absolute atomic E-state index is 0.127. The van der Waals surface area contributed by atoms with Gasteiger partial charge in [-0.1, -0.05) is 0 Å². The highest BCUT2D eigenvalue weighted by molar-refractivity contribution is 7.90. The van der Waals surface area contributed by atoms with Gasteiger partial charge in [-0.05, 0) is 19.3 Å². The van der Waals surface area contributed by atoms with Crippen LogP contribution in [0.5, 0.6) is 0 Å². The van der Waals surface area contributed by atoms with Gasteiger partial charge in [0.2, 0.25) is 0 Å². The van der Waals surface area contributed by atoms with Crippen LogP contribution in [0.3, 0.4) is 0 Å². The third-order valence-corrected chi connectivity index (χ3v) is 3.52. The fourth-order valence-electron chi connectivity index (χ4n) is 1.20. The lowest BCUT2D eigenvalue weighted by Gasteiger charge is -2.37. The molecule has 15 heavy (non-hydrogen) atoms. The highest BCUT2D eigenvalue weighted by Crippen LogP contribution is 2.35. The van der Waals surface area contributed by atoms with Crippen molar-refractivity contribution in [2.45, 2.75) is 30.3 Å². The van der Waals surface area contributed by atoms with E-state index in [-0.39, 0.29) is 12.8 Å². The van der Waals surface area contributed by atoms with Gasteiger partial charge in [-0.2, -0.15) is 17.9 Å². The lowest BCUT2D eigenvalue weighted by molar-refractivity contribution is -0.147. The molecule has 0 radical (unpaired) electrons.